The third kappa shape index (κ3) is 4.01. The fourth-order valence-corrected chi connectivity index (χ4v) is 3.17. The van der Waals surface area contributed by atoms with Crippen molar-refractivity contribution in [1.82, 2.24) is 10.1 Å². The van der Waals surface area contributed by atoms with Crippen LogP contribution in [0.2, 0.25) is 0 Å². The number of allylic oxidation sites excluding steroid dienone is 5. The van der Waals surface area contributed by atoms with Gasteiger partial charge >= 0.3 is 0 Å². The van der Waals surface area contributed by atoms with Crippen LogP contribution in [0.15, 0.2) is 52.6 Å². The quantitative estimate of drug-likeness (QED) is 0.706. The predicted octanol–water partition coefficient (Wildman–Crippen LogP) is 5.47. The van der Waals surface area contributed by atoms with E-state index in [-0.39, 0.29) is 6.10 Å². The second kappa shape index (κ2) is 8.05. The number of hydrogen-bond donors (Lipinski definition) is 0. The third-order valence-corrected chi connectivity index (χ3v) is 4.37. The Morgan fingerprint density at radius 1 is 1.37 bits per heavy atom. The van der Waals surface area contributed by atoms with E-state index in [1.54, 1.807) is 12.1 Å². The molecule has 0 atom stereocenters. The molecule has 0 aliphatic heterocycles. The average Bonchev–Trinajstić information content (AvgIpc) is 3.29. The summed E-state index contributed by atoms with van der Waals surface area (Å²) < 4.78 is 11.2. The normalized spacial score (nSPS) is 16.2. The monoisotopic (exact) mass is 361 g/mol. The van der Waals surface area contributed by atoms with Crippen LogP contribution in [0.4, 0.5) is 0 Å². The molecule has 3 rings (SSSR count). The highest BCUT2D eigenvalue weighted by atomic mass is 16.5. The molecule has 1 saturated carbocycles. The number of nitrogens with zero attached hydrogens (tertiary/aromatic N) is 3. The Bertz CT molecular complexity index is 958. The van der Waals surface area contributed by atoms with E-state index in [2.05, 4.69) is 22.8 Å². The molecule has 1 aliphatic rings. The first-order chi connectivity index (χ1) is 13.0. The third-order valence-electron chi connectivity index (χ3n) is 4.37. The van der Waals surface area contributed by atoms with Gasteiger partial charge in [-0.25, -0.2) is 0 Å². The van der Waals surface area contributed by atoms with E-state index >= 15 is 0 Å². The molecule has 1 aromatic carbocycles. The number of aromatic nitrogens is 2. The van der Waals surface area contributed by atoms with Gasteiger partial charge in [0.25, 0.3) is 5.89 Å². The SMILES string of the molecule is C=C1CCC/C1=C(/C=C\C)c1noc(-c2ccc(OC(C)C)c(C#N)c2)n1. The van der Waals surface area contributed by atoms with Crippen molar-refractivity contribution in [3.8, 4) is 23.3 Å². The smallest absolute Gasteiger partial charge is 0.258 e. The van der Waals surface area contributed by atoms with Gasteiger partial charge in [0, 0.05) is 11.1 Å². The fourth-order valence-electron chi connectivity index (χ4n) is 3.17. The first-order valence-electron chi connectivity index (χ1n) is 9.12. The Kier molecular flexibility index (Phi) is 5.56. The zero-order valence-electron chi connectivity index (χ0n) is 16.0. The van der Waals surface area contributed by atoms with Gasteiger partial charge in [0.05, 0.1) is 11.7 Å². The Morgan fingerprint density at radius 2 is 2.19 bits per heavy atom. The van der Waals surface area contributed by atoms with Crippen LogP contribution in [0.3, 0.4) is 0 Å². The van der Waals surface area contributed by atoms with E-state index in [0.29, 0.717) is 28.6 Å². The molecule has 1 aliphatic carbocycles. The van der Waals surface area contributed by atoms with Crippen LogP contribution in [0.25, 0.3) is 17.0 Å². The summed E-state index contributed by atoms with van der Waals surface area (Å²) >= 11 is 0. The minimum atomic E-state index is -0.00696. The van der Waals surface area contributed by atoms with E-state index in [1.807, 2.05) is 39.0 Å². The molecule has 1 heterocycles. The van der Waals surface area contributed by atoms with E-state index < -0.39 is 0 Å². The molecule has 0 bridgehead atoms. The standard InChI is InChI=1S/C22H23N3O2/c1-5-7-19(18-9-6-8-15(18)4)21-24-22(27-25-21)16-10-11-20(26-14(2)3)17(12-16)13-23/h5,7,10-12,14H,4,6,8-9H2,1-3H3/b7-5-,19-18+. The molecule has 0 N–H and O–H groups in total. The van der Waals surface area contributed by atoms with Crippen molar-refractivity contribution in [3.05, 3.63) is 59.5 Å². The molecule has 0 spiro atoms. The van der Waals surface area contributed by atoms with Crippen LogP contribution in [0.1, 0.15) is 51.4 Å². The number of hydrogen-bond acceptors (Lipinski definition) is 5. The lowest BCUT2D eigenvalue weighted by molar-refractivity contribution is 0.242. The lowest BCUT2D eigenvalue weighted by Gasteiger charge is -2.11. The number of rotatable bonds is 5. The van der Waals surface area contributed by atoms with Gasteiger partial charge in [0.1, 0.15) is 11.8 Å². The maximum atomic E-state index is 9.42. The Morgan fingerprint density at radius 3 is 2.81 bits per heavy atom. The minimum absolute atomic E-state index is 0.00696. The maximum Gasteiger partial charge on any atom is 0.258 e. The molecule has 0 saturated heterocycles. The van der Waals surface area contributed by atoms with Crippen LogP contribution < -0.4 is 4.74 Å². The summed E-state index contributed by atoms with van der Waals surface area (Å²) in [7, 11) is 0. The highest BCUT2D eigenvalue weighted by molar-refractivity contribution is 5.77. The van der Waals surface area contributed by atoms with Crippen molar-refractivity contribution < 1.29 is 9.26 Å². The minimum Gasteiger partial charge on any atom is -0.490 e. The molecule has 0 unspecified atom stereocenters. The molecule has 27 heavy (non-hydrogen) atoms. The zero-order valence-corrected chi connectivity index (χ0v) is 16.0. The van der Waals surface area contributed by atoms with Crippen molar-refractivity contribution in [2.75, 3.05) is 0 Å². The Hall–Kier alpha value is -3.13. The van der Waals surface area contributed by atoms with Gasteiger partial charge in [-0.15, -0.1) is 0 Å². The summed E-state index contributed by atoms with van der Waals surface area (Å²) in [5.41, 5.74) is 4.42. The predicted molar refractivity (Wildman–Crippen MR) is 105 cm³/mol. The first-order valence-corrected chi connectivity index (χ1v) is 9.12. The highest BCUT2D eigenvalue weighted by Gasteiger charge is 2.20. The van der Waals surface area contributed by atoms with Crippen molar-refractivity contribution in [3.63, 3.8) is 0 Å². The first kappa shape index (κ1) is 18.7. The molecular weight excluding hydrogens is 338 g/mol. The van der Waals surface area contributed by atoms with Gasteiger partial charge in [-0.05, 0) is 63.8 Å². The lowest BCUT2D eigenvalue weighted by atomic mass is 10.0. The zero-order chi connectivity index (χ0) is 19.4. The highest BCUT2D eigenvalue weighted by Crippen LogP contribution is 2.36. The summed E-state index contributed by atoms with van der Waals surface area (Å²) in [4.78, 5) is 4.57. The molecule has 138 valence electrons. The molecule has 5 nitrogen and oxygen atoms in total. The van der Waals surface area contributed by atoms with Gasteiger partial charge in [-0.3, -0.25) is 0 Å². The van der Waals surface area contributed by atoms with Crippen molar-refractivity contribution in [2.24, 2.45) is 0 Å². The summed E-state index contributed by atoms with van der Waals surface area (Å²) in [6, 6.07) is 7.47. The van der Waals surface area contributed by atoms with Crippen molar-refractivity contribution in [2.45, 2.75) is 46.1 Å². The summed E-state index contributed by atoms with van der Waals surface area (Å²) in [5, 5.41) is 13.6. The Labute approximate surface area is 159 Å². The van der Waals surface area contributed by atoms with Gasteiger partial charge in [-0.2, -0.15) is 10.2 Å². The lowest BCUT2D eigenvalue weighted by Crippen LogP contribution is -2.06. The maximum absolute atomic E-state index is 9.42. The van der Waals surface area contributed by atoms with Crippen LogP contribution in [0.5, 0.6) is 5.75 Å². The average molecular weight is 361 g/mol. The second-order valence-corrected chi connectivity index (χ2v) is 6.76. The topological polar surface area (TPSA) is 71.9 Å². The van der Waals surface area contributed by atoms with E-state index in [1.165, 1.54) is 5.57 Å². The van der Waals surface area contributed by atoms with Gasteiger partial charge in [-0.1, -0.05) is 29.5 Å². The summed E-state index contributed by atoms with van der Waals surface area (Å²) in [5.74, 6) is 1.47. The van der Waals surface area contributed by atoms with Crippen LogP contribution in [-0.2, 0) is 0 Å². The molecule has 1 fully saturated rings. The molecular formula is C22H23N3O2. The molecule has 5 heteroatoms. The number of ether oxygens (including phenoxy) is 1. The number of benzene rings is 1. The van der Waals surface area contributed by atoms with Crippen LogP contribution in [0, 0.1) is 11.3 Å². The molecule has 0 amide bonds. The number of nitriles is 1. The van der Waals surface area contributed by atoms with E-state index in [4.69, 9.17) is 9.26 Å². The van der Waals surface area contributed by atoms with Gasteiger partial charge < -0.3 is 9.26 Å². The fraction of sp³-hybridized carbons (Fsp3) is 0.318. The summed E-state index contributed by atoms with van der Waals surface area (Å²) in [6.45, 7) is 9.97. The van der Waals surface area contributed by atoms with Gasteiger partial charge in [0.15, 0.2) is 0 Å². The molecule has 1 aromatic heterocycles. The van der Waals surface area contributed by atoms with Gasteiger partial charge in [0.2, 0.25) is 5.82 Å². The van der Waals surface area contributed by atoms with Crippen molar-refractivity contribution in [1.29, 1.82) is 5.26 Å². The Balaban J connectivity index is 1.98. The van der Waals surface area contributed by atoms with Crippen LogP contribution >= 0.6 is 0 Å². The van der Waals surface area contributed by atoms with Crippen molar-refractivity contribution >= 4 is 5.57 Å². The second-order valence-electron chi connectivity index (χ2n) is 6.76. The van der Waals surface area contributed by atoms with E-state index in [9.17, 15) is 5.26 Å². The molecule has 2 aromatic rings. The van der Waals surface area contributed by atoms with E-state index in [0.717, 1.165) is 30.4 Å². The summed E-state index contributed by atoms with van der Waals surface area (Å²) in [6.07, 6.45) is 7.04. The van der Waals surface area contributed by atoms with Crippen LogP contribution in [-0.4, -0.2) is 16.2 Å². The largest absolute Gasteiger partial charge is 0.490 e. The molecule has 0 radical (unpaired) electrons.